The molecule has 1 aliphatic rings. The van der Waals surface area contributed by atoms with Gasteiger partial charge in [0.2, 0.25) is 0 Å². The van der Waals surface area contributed by atoms with Gasteiger partial charge in [0.25, 0.3) is 0 Å². The van der Waals surface area contributed by atoms with Crippen LogP contribution >= 0.6 is 10.6 Å². The Balaban J connectivity index is 1.38. The number of nitrogens with two attached hydrogens (primary N) is 1. The molecule has 6 N–H and O–H groups in total. The van der Waals surface area contributed by atoms with Gasteiger partial charge < -0.3 is 11.1 Å². The lowest BCUT2D eigenvalue weighted by molar-refractivity contribution is -0.137. The van der Waals surface area contributed by atoms with Crippen LogP contribution in [0.2, 0.25) is 0 Å². The van der Waals surface area contributed by atoms with Crippen molar-refractivity contribution in [2.45, 2.75) is 12.7 Å². The number of nitrogens with one attached hydrogen (secondary N) is 2. The molecule has 0 radical (unpaired) electrons. The Morgan fingerprint density at radius 3 is 2.55 bits per heavy atom. The fourth-order valence-electron chi connectivity index (χ4n) is 4.40. The maximum atomic E-state index is 15.1. The SMILES string of the molecule is Nc1ncnn2c(CN3CCS(O)(O)CC3)cc(-c3ccc(NC(=O)Nc4ncccc4C(F)(F)F)c(F)c3)c12. The molecule has 4 aromatic rings. The maximum absolute atomic E-state index is 15.1. The second-order valence-electron chi connectivity index (χ2n) is 9.11. The fraction of sp³-hybridized carbons (Fsp3) is 0.250. The molecule has 212 valence electrons. The minimum Gasteiger partial charge on any atom is -0.382 e. The quantitative estimate of drug-likeness (QED) is 0.212. The molecule has 5 rings (SSSR count). The number of fused-ring (bicyclic) bond motifs is 1. The maximum Gasteiger partial charge on any atom is 0.419 e. The Morgan fingerprint density at radius 1 is 1.10 bits per heavy atom. The van der Waals surface area contributed by atoms with E-state index in [2.05, 4.69) is 20.4 Å². The van der Waals surface area contributed by atoms with Crippen LogP contribution in [0.15, 0.2) is 48.9 Å². The summed E-state index contributed by atoms with van der Waals surface area (Å²) in [5.74, 6) is -0.868. The molecule has 1 saturated heterocycles. The van der Waals surface area contributed by atoms with E-state index in [-0.39, 0.29) is 23.0 Å². The van der Waals surface area contributed by atoms with Crippen molar-refractivity contribution in [3.63, 3.8) is 0 Å². The van der Waals surface area contributed by atoms with Crippen molar-refractivity contribution in [2.24, 2.45) is 0 Å². The van der Waals surface area contributed by atoms with Gasteiger partial charge in [-0.2, -0.15) is 28.9 Å². The third-order valence-corrected chi connectivity index (χ3v) is 8.06. The van der Waals surface area contributed by atoms with Gasteiger partial charge in [0.05, 0.1) is 28.5 Å². The number of alkyl halides is 3. The summed E-state index contributed by atoms with van der Waals surface area (Å²) in [5.41, 5.74) is 6.79. The predicted molar refractivity (Wildman–Crippen MR) is 143 cm³/mol. The van der Waals surface area contributed by atoms with Crippen LogP contribution in [-0.2, 0) is 12.7 Å². The van der Waals surface area contributed by atoms with E-state index in [1.165, 1.54) is 18.5 Å². The number of carbonyl (C=O) groups excluding carboxylic acids is 1. The summed E-state index contributed by atoms with van der Waals surface area (Å²) in [4.78, 5) is 22.0. The molecule has 11 nitrogen and oxygen atoms in total. The minimum absolute atomic E-state index is 0.155. The van der Waals surface area contributed by atoms with E-state index < -0.39 is 40.0 Å². The summed E-state index contributed by atoms with van der Waals surface area (Å²) in [7, 11) is -2.56. The first kappa shape index (κ1) is 27.6. The number of pyridine rings is 1. The highest BCUT2D eigenvalue weighted by Crippen LogP contribution is 2.41. The van der Waals surface area contributed by atoms with Crippen LogP contribution < -0.4 is 16.4 Å². The number of urea groups is 1. The molecule has 1 fully saturated rings. The lowest BCUT2D eigenvalue weighted by atomic mass is 10.1. The van der Waals surface area contributed by atoms with Crippen LogP contribution in [-0.4, -0.2) is 64.2 Å². The number of halogens is 4. The van der Waals surface area contributed by atoms with Crippen molar-refractivity contribution in [3.8, 4) is 11.1 Å². The zero-order valence-corrected chi connectivity index (χ0v) is 21.5. The first-order valence-corrected chi connectivity index (χ1v) is 13.8. The lowest BCUT2D eigenvalue weighted by Crippen LogP contribution is -2.38. The standard InChI is InChI=1S/C24H24F4N8O3S/c25-18-10-14(3-4-19(18)33-23(37)34-22-17(24(26,27)28)2-1-5-30-22)16-11-15(36-20(16)21(29)31-13-32-36)12-35-6-8-40(38,39)9-7-35/h1-5,10-11,13,38-39H,6-9,12H2,(H2,29,31,32)(H2,30,33,34,37). The molecule has 0 spiro atoms. The molecule has 40 heavy (non-hydrogen) atoms. The highest BCUT2D eigenvalue weighted by Gasteiger charge is 2.34. The smallest absolute Gasteiger partial charge is 0.382 e. The Hall–Kier alpha value is -3.99. The number of benzene rings is 1. The summed E-state index contributed by atoms with van der Waals surface area (Å²) in [6.45, 7) is 1.37. The molecule has 4 heterocycles. The van der Waals surface area contributed by atoms with Crippen molar-refractivity contribution in [1.82, 2.24) is 24.5 Å². The molecule has 2 amide bonds. The molecule has 16 heteroatoms. The number of carbonyl (C=O) groups is 1. The number of nitrogen functional groups attached to an aromatic ring is 1. The van der Waals surface area contributed by atoms with Crippen LogP contribution in [0.3, 0.4) is 0 Å². The van der Waals surface area contributed by atoms with Crippen molar-refractivity contribution >= 4 is 39.5 Å². The van der Waals surface area contributed by atoms with Gasteiger partial charge in [-0.3, -0.25) is 19.3 Å². The van der Waals surface area contributed by atoms with E-state index in [0.717, 1.165) is 30.1 Å². The summed E-state index contributed by atoms with van der Waals surface area (Å²) < 4.78 is 76.0. The van der Waals surface area contributed by atoms with E-state index in [9.17, 15) is 27.1 Å². The Morgan fingerprint density at radius 2 is 1.85 bits per heavy atom. The van der Waals surface area contributed by atoms with Gasteiger partial charge in [-0.25, -0.2) is 23.7 Å². The number of rotatable bonds is 5. The molecule has 0 bridgehead atoms. The summed E-state index contributed by atoms with van der Waals surface area (Å²) in [6, 6.07) is 6.46. The number of aromatic nitrogens is 4. The summed E-state index contributed by atoms with van der Waals surface area (Å²) in [6.07, 6.45) is -2.36. The first-order valence-electron chi connectivity index (χ1n) is 11.9. The van der Waals surface area contributed by atoms with E-state index in [1.807, 2.05) is 10.2 Å². The Kier molecular flexibility index (Phi) is 7.26. The van der Waals surface area contributed by atoms with Crippen molar-refractivity contribution in [2.75, 3.05) is 41.0 Å². The molecule has 1 aliphatic heterocycles. The minimum atomic E-state index is -4.74. The second kappa shape index (κ2) is 10.5. The van der Waals surface area contributed by atoms with Crippen molar-refractivity contribution < 1.29 is 31.5 Å². The predicted octanol–water partition coefficient (Wildman–Crippen LogP) is 4.74. The number of anilines is 3. The Labute approximate surface area is 226 Å². The second-order valence-corrected chi connectivity index (χ2v) is 11.5. The van der Waals surface area contributed by atoms with Crippen LogP contribution in [0, 0.1) is 5.82 Å². The van der Waals surface area contributed by atoms with E-state index >= 15 is 4.39 Å². The normalized spacial score (nSPS) is 16.6. The van der Waals surface area contributed by atoms with Crippen LogP contribution in [0.4, 0.5) is 39.7 Å². The van der Waals surface area contributed by atoms with Gasteiger partial charge in [0.15, 0.2) is 5.82 Å². The zero-order chi connectivity index (χ0) is 28.7. The zero-order valence-electron chi connectivity index (χ0n) is 20.7. The van der Waals surface area contributed by atoms with Crippen LogP contribution in [0.1, 0.15) is 11.3 Å². The number of hydrogen-bond acceptors (Lipinski definition) is 8. The molecular weight excluding hydrogens is 556 g/mol. The lowest BCUT2D eigenvalue weighted by Gasteiger charge is -2.40. The molecule has 0 atom stereocenters. The van der Waals surface area contributed by atoms with Gasteiger partial charge in [0, 0.05) is 31.4 Å². The molecule has 3 aromatic heterocycles. The molecule has 0 saturated carbocycles. The molecule has 0 aliphatic carbocycles. The largest absolute Gasteiger partial charge is 0.419 e. The first-order chi connectivity index (χ1) is 18.9. The van der Waals surface area contributed by atoms with E-state index in [1.54, 1.807) is 10.6 Å². The van der Waals surface area contributed by atoms with Gasteiger partial charge in [-0.15, -0.1) is 0 Å². The number of nitrogens with zero attached hydrogens (tertiary/aromatic N) is 5. The number of amides is 2. The van der Waals surface area contributed by atoms with Gasteiger partial charge in [-0.05, 0) is 35.9 Å². The van der Waals surface area contributed by atoms with Gasteiger partial charge in [0.1, 0.15) is 23.5 Å². The highest BCUT2D eigenvalue weighted by molar-refractivity contribution is 8.24. The average Bonchev–Trinajstić information content (AvgIpc) is 3.26. The number of hydrogen-bond donors (Lipinski definition) is 5. The molecule has 0 unspecified atom stereocenters. The average molecular weight is 581 g/mol. The highest BCUT2D eigenvalue weighted by atomic mass is 32.3. The van der Waals surface area contributed by atoms with Crippen molar-refractivity contribution in [1.29, 1.82) is 0 Å². The van der Waals surface area contributed by atoms with Crippen LogP contribution in [0.25, 0.3) is 16.6 Å². The third-order valence-electron chi connectivity index (χ3n) is 6.38. The van der Waals surface area contributed by atoms with Gasteiger partial charge in [-0.1, -0.05) is 6.07 Å². The van der Waals surface area contributed by atoms with Gasteiger partial charge >= 0.3 is 12.2 Å². The summed E-state index contributed by atoms with van der Waals surface area (Å²) in [5, 5.41) is 8.48. The van der Waals surface area contributed by atoms with E-state index in [4.69, 9.17) is 5.73 Å². The molecular formula is C24H24F4N8O3S. The van der Waals surface area contributed by atoms with E-state index in [0.29, 0.717) is 36.3 Å². The summed E-state index contributed by atoms with van der Waals surface area (Å²) >= 11 is 0. The van der Waals surface area contributed by atoms with Crippen LogP contribution in [0.5, 0.6) is 0 Å². The topological polar surface area (TPSA) is 154 Å². The Bertz CT molecular complexity index is 1570. The fourth-order valence-corrected chi connectivity index (χ4v) is 5.70. The third kappa shape index (κ3) is 5.79. The van der Waals surface area contributed by atoms with Crippen molar-refractivity contribution in [3.05, 3.63) is 66.0 Å². The monoisotopic (exact) mass is 580 g/mol. The molecule has 1 aromatic carbocycles.